The molecule has 4 aromatic rings. The van der Waals surface area contributed by atoms with E-state index in [-0.39, 0.29) is 11.1 Å². The maximum absolute atomic E-state index is 11.8. The first kappa shape index (κ1) is 15.8. The lowest BCUT2D eigenvalue weighted by atomic mass is 9.92. The molecule has 0 fully saturated rings. The molecule has 5 heteroatoms. The lowest BCUT2D eigenvalue weighted by molar-refractivity contribution is -0.255. The molecule has 126 valence electrons. The molecule has 0 saturated carbocycles. The highest BCUT2D eigenvalue weighted by Crippen LogP contribution is 2.38. The molecule has 0 radical (unpaired) electrons. The smallest absolute Gasteiger partial charge is 0.361 e. The van der Waals surface area contributed by atoms with E-state index >= 15 is 0 Å². The lowest BCUT2D eigenvalue weighted by Crippen LogP contribution is -2.22. The van der Waals surface area contributed by atoms with Crippen molar-refractivity contribution >= 4 is 33.9 Å². The van der Waals surface area contributed by atoms with Crippen LogP contribution in [0.3, 0.4) is 0 Å². The fourth-order valence-corrected chi connectivity index (χ4v) is 3.14. The van der Waals surface area contributed by atoms with E-state index in [4.69, 9.17) is 4.42 Å². The molecule has 0 aliphatic heterocycles. The number of rotatable bonds is 3. The molecule has 3 aromatic carbocycles. The highest BCUT2D eigenvalue weighted by molar-refractivity contribution is 6.12. The van der Waals surface area contributed by atoms with Crippen molar-refractivity contribution in [1.29, 1.82) is 0 Å². The Morgan fingerprint density at radius 1 is 0.846 bits per heavy atom. The third-order valence-electron chi connectivity index (χ3n) is 4.29. The van der Waals surface area contributed by atoms with Gasteiger partial charge in [-0.15, -0.1) is 0 Å². The normalized spacial score (nSPS) is 10.9. The second-order valence-electron chi connectivity index (χ2n) is 5.82. The summed E-state index contributed by atoms with van der Waals surface area (Å²) in [6, 6.07) is 18.3. The van der Waals surface area contributed by atoms with Crippen LogP contribution in [-0.4, -0.2) is 17.0 Å². The molecule has 1 aromatic heterocycles. The molecule has 0 saturated heterocycles. The minimum Gasteiger partial charge on any atom is -0.545 e. The van der Waals surface area contributed by atoms with Crippen LogP contribution in [0.5, 0.6) is 0 Å². The number of benzene rings is 3. The molecule has 1 N–H and O–H groups in total. The molecule has 4 rings (SSSR count). The van der Waals surface area contributed by atoms with Gasteiger partial charge in [0.2, 0.25) is 0 Å². The van der Waals surface area contributed by atoms with E-state index in [1.807, 2.05) is 36.4 Å². The monoisotopic (exact) mass is 344 g/mol. The number of aromatic carboxylic acids is 2. The zero-order valence-corrected chi connectivity index (χ0v) is 13.4. The fraction of sp³-hybridized carbons (Fsp3) is 0. The summed E-state index contributed by atoms with van der Waals surface area (Å²) in [6.45, 7) is 0. The summed E-state index contributed by atoms with van der Waals surface area (Å²) in [5.74, 6) is -2.50. The largest absolute Gasteiger partial charge is 0.545 e. The second-order valence-corrected chi connectivity index (χ2v) is 5.82. The molecule has 0 unspecified atom stereocenters. The quantitative estimate of drug-likeness (QED) is 0.453. The van der Waals surface area contributed by atoms with Gasteiger partial charge in [0.25, 0.3) is 0 Å². The van der Waals surface area contributed by atoms with E-state index in [0.717, 1.165) is 0 Å². The molecule has 0 aliphatic carbocycles. The second kappa shape index (κ2) is 5.97. The Balaban J connectivity index is 2.21. The number of hydrogen-bond donors (Lipinski definition) is 1. The third-order valence-corrected chi connectivity index (χ3v) is 4.29. The number of carbonyl (C=O) groups excluding carboxylic acids is 1. The van der Waals surface area contributed by atoms with Gasteiger partial charge in [-0.25, -0.2) is 9.21 Å². The van der Waals surface area contributed by atoms with E-state index in [0.29, 0.717) is 33.1 Å². The Morgan fingerprint density at radius 3 is 1.96 bits per heavy atom. The Hall–Kier alpha value is -3.73. The first-order valence-corrected chi connectivity index (χ1v) is 7.89. The fourth-order valence-electron chi connectivity index (χ4n) is 3.14. The summed E-state index contributed by atoms with van der Waals surface area (Å²) in [6.07, 6.45) is 0. The first-order valence-electron chi connectivity index (χ1n) is 7.89. The van der Waals surface area contributed by atoms with Crippen molar-refractivity contribution in [2.24, 2.45) is 0 Å². The number of carbonyl (C=O) groups is 2. The Labute approximate surface area is 147 Å². The van der Waals surface area contributed by atoms with Crippen LogP contribution in [0.4, 0.5) is 0 Å². The molecular formula is C21H12O5. The molecule has 5 nitrogen and oxygen atoms in total. The van der Waals surface area contributed by atoms with Crippen molar-refractivity contribution in [1.82, 2.24) is 0 Å². The molecule has 0 atom stereocenters. The Kier molecular flexibility index (Phi) is 3.62. The minimum absolute atomic E-state index is 0.0107. The van der Waals surface area contributed by atoms with Crippen LogP contribution >= 0.6 is 0 Å². The standard InChI is InChI=1S/C21H12O5/c22-20(23)12-9-10-13(21(24)25)16(11-12)19-14-5-1-3-7-17(14)26-18-8-4-2-6-15(18)19/h1-11H,(H-,22,23,24,25). The zero-order chi connectivity index (χ0) is 18.3. The number of fused-ring (bicyclic) bond motifs is 2. The maximum Gasteiger partial charge on any atom is 0.361 e. The van der Waals surface area contributed by atoms with Gasteiger partial charge in [-0.3, -0.25) is 0 Å². The van der Waals surface area contributed by atoms with Crippen molar-refractivity contribution in [3.63, 3.8) is 0 Å². The summed E-state index contributed by atoms with van der Waals surface area (Å²) >= 11 is 0. The van der Waals surface area contributed by atoms with E-state index in [2.05, 4.69) is 0 Å². The SMILES string of the molecule is O=C([O-])c1ccc(C(=O)O)c(-c2c3ccccc3[o+]c3ccccc23)c1. The highest BCUT2D eigenvalue weighted by atomic mass is 16.4. The summed E-state index contributed by atoms with van der Waals surface area (Å²) < 4.78 is 5.91. The van der Waals surface area contributed by atoms with Gasteiger partial charge in [0, 0.05) is 17.7 Å². The van der Waals surface area contributed by atoms with Gasteiger partial charge in [0.1, 0.15) is 0 Å². The number of para-hydroxylation sites is 2. The molecule has 0 amide bonds. The van der Waals surface area contributed by atoms with Crippen LogP contribution in [0, 0.1) is 0 Å². The van der Waals surface area contributed by atoms with Gasteiger partial charge >= 0.3 is 17.1 Å². The van der Waals surface area contributed by atoms with Crippen LogP contribution in [0.2, 0.25) is 0 Å². The van der Waals surface area contributed by atoms with Crippen LogP contribution in [0.1, 0.15) is 20.7 Å². The Bertz CT molecular complexity index is 1140. The lowest BCUT2D eigenvalue weighted by Gasteiger charge is -2.12. The van der Waals surface area contributed by atoms with Crippen molar-refractivity contribution in [3.05, 3.63) is 77.9 Å². The van der Waals surface area contributed by atoms with Crippen LogP contribution in [0.25, 0.3) is 33.1 Å². The van der Waals surface area contributed by atoms with Crippen molar-refractivity contribution in [3.8, 4) is 11.1 Å². The summed E-state index contributed by atoms with van der Waals surface area (Å²) in [5, 5.41) is 22.3. The summed E-state index contributed by atoms with van der Waals surface area (Å²) in [5.41, 5.74) is 2.01. The maximum atomic E-state index is 11.8. The van der Waals surface area contributed by atoms with E-state index in [9.17, 15) is 19.8 Å². The predicted octanol–water partition coefficient (Wildman–Crippen LogP) is 3.60. The number of carboxylic acid groups (broad SMARTS) is 2. The van der Waals surface area contributed by atoms with Crippen molar-refractivity contribution < 1.29 is 24.2 Å². The molecule has 26 heavy (non-hydrogen) atoms. The van der Waals surface area contributed by atoms with Gasteiger partial charge in [0.05, 0.1) is 22.3 Å². The van der Waals surface area contributed by atoms with Crippen LogP contribution in [0.15, 0.2) is 71.1 Å². The van der Waals surface area contributed by atoms with Gasteiger partial charge in [-0.2, -0.15) is 0 Å². The summed E-state index contributed by atoms with van der Waals surface area (Å²) in [4.78, 5) is 23.1. The molecule has 0 bridgehead atoms. The molecular weight excluding hydrogens is 332 g/mol. The van der Waals surface area contributed by atoms with Gasteiger partial charge in [-0.1, -0.05) is 30.3 Å². The van der Waals surface area contributed by atoms with E-state index in [1.165, 1.54) is 18.2 Å². The van der Waals surface area contributed by atoms with E-state index in [1.54, 1.807) is 12.1 Å². The third kappa shape index (κ3) is 2.46. The Morgan fingerprint density at radius 2 is 1.42 bits per heavy atom. The molecule has 1 heterocycles. The van der Waals surface area contributed by atoms with Gasteiger partial charge < -0.3 is 15.0 Å². The van der Waals surface area contributed by atoms with Gasteiger partial charge in [0.15, 0.2) is 0 Å². The van der Waals surface area contributed by atoms with Crippen LogP contribution < -0.4 is 5.11 Å². The zero-order valence-electron chi connectivity index (χ0n) is 13.4. The molecule has 0 spiro atoms. The average Bonchev–Trinajstić information content (AvgIpc) is 2.65. The van der Waals surface area contributed by atoms with Crippen molar-refractivity contribution in [2.45, 2.75) is 0 Å². The highest BCUT2D eigenvalue weighted by Gasteiger charge is 2.23. The first-order chi connectivity index (χ1) is 12.6. The van der Waals surface area contributed by atoms with E-state index < -0.39 is 11.9 Å². The predicted molar refractivity (Wildman–Crippen MR) is 94.9 cm³/mol. The van der Waals surface area contributed by atoms with Gasteiger partial charge in [-0.05, 0) is 35.4 Å². The molecule has 0 aliphatic rings. The number of carboxylic acids is 2. The van der Waals surface area contributed by atoms with Crippen LogP contribution in [-0.2, 0) is 0 Å². The van der Waals surface area contributed by atoms with Crippen molar-refractivity contribution in [2.75, 3.05) is 0 Å². The number of hydrogen-bond acceptors (Lipinski definition) is 3. The minimum atomic E-state index is -1.36. The topological polar surface area (TPSA) is 88.7 Å². The summed E-state index contributed by atoms with van der Waals surface area (Å²) in [7, 11) is 0. The average molecular weight is 344 g/mol.